The van der Waals surface area contributed by atoms with E-state index in [1.807, 2.05) is 66.9 Å². The Morgan fingerprint density at radius 3 is 2.45 bits per heavy atom. The summed E-state index contributed by atoms with van der Waals surface area (Å²) in [6, 6.07) is 18.9. The Labute approximate surface area is 169 Å². The fourth-order valence-corrected chi connectivity index (χ4v) is 3.11. The van der Waals surface area contributed by atoms with Gasteiger partial charge in [-0.1, -0.05) is 30.3 Å². The summed E-state index contributed by atoms with van der Waals surface area (Å²) in [6.07, 6.45) is 2.99. The first-order valence-corrected chi connectivity index (χ1v) is 9.16. The molecule has 1 aromatic heterocycles. The minimum atomic E-state index is -0.432. The fourth-order valence-electron chi connectivity index (χ4n) is 3.11. The van der Waals surface area contributed by atoms with E-state index in [0.29, 0.717) is 11.3 Å². The molecular weight excluding hydrogens is 366 g/mol. The first-order valence-electron chi connectivity index (χ1n) is 9.16. The lowest BCUT2D eigenvalue weighted by Crippen LogP contribution is -2.40. The highest BCUT2D eigenvalue weighted by atomic mass is 16.5. The molecule has 0 radical (unpaired) electrons. The largest absolute Gasteiger partial charge is 0.497 e. The number of hydrogen-bond acceptors (Lipinski definition) is 3. The molecule has 1 heterocycles. The molecule has 2 aromatic carbocycles. The minimum Gasteiger partial charge on any atom is -0.497 e. The third-order valence-corrected chi connectivity index (χ3v) is 4.51. The second-order valence-electron chi connectivity index (χ2n) is 6.51. The highest BCUT2D eigenvalue weighted by Crippen LogP contribution is 2.20. The van der Waals surface area contributed by atoms with E-state index in [9.17, 15) is 9.59 Å². The number of hydrazine groups is 1. The van der Waals surface area contributed by atoms with Crippen LogP contribution < -0.4 is 15.6 Å². The number of carbonyl (C=O) groups excluding carboxylic acids is 2. The van der Waals surface area contributed by atoms with E-state index >= 15 is 0 Å². The molecular formula is C23H23N3O3. The van der Waals surface area contributed by atoms with Crippen LogP contribution in [-0.2, 0) is 4.79 Å². The van der Waals surface area contributed by atoms with Crippen molar-refractivity contribution in [2.45, 2.75) is 13.8 Å². The quantitative estimate of drug-likeness (QED) is 0.518. The molecule has 0 aliphatic rings. The summed E-state index contributed by atoms with van der Waals surface area (Å²) < 4.78 is 7.15. The smallest absolute Gasteiger partial charge is 0.271 e. The predicted molar refractivity (Wildman–Crippen MR) is 113 cm³/mol. The maximum Gasteiger partial charge on any atom is 0.271 e. The molecule has 0 aliphatic heterocycles. The number of nitrogens with zero attached hydrogens (tertiary/aromatic N) is 1. The van der Waals surface area contributed by atoms with Crippen molar-refractivity contribution in [1.29, 1.82) is 0 Å². The van der Waals surface area contributed by atoms with Gasteiger partial charge in [-0.05, 0) is 55.8 Å². The average molecular weight is 389 g/mol. The molecule has 6 nitrogen and oxygen atoms in total. The molecule has 2 N–H and O–H groups in total. The van der Waals surface area contributed by atoms with Crippen LogP contribution in [0, 0.1) is 13.8 Å². The van der Waals surface area contributed by atoms with Gasteiger partial charge in [-0.3, -0.25) is 20.4 Å². The van der Waals surface area contributed by atoms with Crippen LogP contribution in [0.1, 0.15) is 27.3 Å². The monoisotopic (exact) mass is 389 g/mol. The molecule has 0 spiro atoms. The van der Waals surface area contributed by atoms with E-state index in [1.165, 1.54) is 6.08 Å². The number of aromatic nitrogens is 1. The number of rotatable bonds is 5. The second-order valence-corrected chi connectivity index (χ2v) is 6.51. The van der Waals surface area contributed by atoms with Crippen LogP contribution in [0.4, 0.5) is 0 Å². The Bertz CT molecular complexity index is 1050. The van der Waals surface area contributed by atoms with Crippen LogP contribution in [0.2, 0.25) is 0 Å². The predicted octanol–water partition coefficient (Wildman–Crippen LogP) is 3.58. The Morgan fingerprint density at radius 2 is 1.72 bits per heavy atom. The van der Waals surface area contributed by atoms with E-state index in [4.69, 9.17) is 4.74 Å². The van der Waals surface area contributed by atoms with Crippen molar-refractivity contribution in [2.75, 3.05) is 7.11 Å². The van der Waals surface area contributed by atoms with Crippen LogP contribution in [-0.4, -0.2) is 23.5 Å². The SMILES string of the molecule is COc1cccc(/C=C/C(=O)NNC(=O)c2cc(C)n(-c3ccccc3)c2C)c1. The average Bonchev–Trinajstić information content (AvgIpc) is 3.05. The summed E-state index contributed by atoms with van der Waals surface area (Å²) in [7, 11) is 1.58. The number of benzene rings is 2. The number of amides is 2. The Hall–Kier alpha value is -3.80. The molecule has 3 rings (SSSR count). The summed E-state index contributed by atoms with van der Waals surface area (Å²) in [5.74, 6) is -0.101. The van der Waals surface area contributed by atoms with Gasteiger partial charge in [0.1, 0.15) is 5.75 Å². The van der Waals surface area contributed by atoms with Crippen molar-refractivity contribution in [2.24, 2.45) is 0 Å². The highest BCUT2D eigenvalue weighted by Gasteiger charge is 2.16. The maximum atomic E-state index is 12.5. The fraction of sp³-hybridized carbons (Fsp3) is 0.130. The summed E-state index contributed by atoms with van der Waals surface area (Å²) in [5.41, 5.74) is 8.90. The molecule has 0 fully saturated rings. The molecule has 0 atom stereocenters. The lowest BCUT2D eigenvalue weighted by Gasteiger charge is -2.10. The summed E-state index contributed by atoms with van der Waals surface area (Å²) >= 11 is 0. The lowest BCUT2D eigenvalue weighted by atomic mass is 10.2. The van der Waals surface area contributed by atoms with Crippen LogP contribution in [0.15, 0.2) is 66.7 Å². The zero-order valence-corrected chi connectivity index (χ0v) is 16.6. The van der Waals surface area contributed by atoms with Gasteiger partial charge in [0.05, 0.1) is 12.7 Å². The lowest BCUT2D eigenvalue weighted by molar-refractivity contribution is -0.117. The third-order valence-electron chi connectivity index (χ3n) is 4.51. The Balaban J connectivity index is 1.65. The first kappa shape index (κ1) is 19.9. The standard InChI is InChI=1S/C23H23N3O3/c1-16-14-21(17(2)26(16)19-9-5-4-6-10-19)23(28)25-24-22(27)13-12-18-8-7-11-20(15-18)29-3/h4-15H,1-3H3,(H,24,27)(H,25,28)/b13-12+. The summed E-state index contributed by atoms with van der Waals surface area (Å²) in [6.45, 7) is 3.81. The van der Waals surface area contributed by atoms with Gasteiger partial charge in [0, 0.05) is 23.2 Å². The van der Waals surface area contributed by atoms with E-state index in [0.717, 1.165) is 22.6 Å². The molecule has 29 heavy (non-hydrogen) atoms. The van der Waals surface area contributed by atoms with E-state index in [2.05, 4.69) is 10.9 Å². The van der Waals surface area contributed by atoms with Gasteiger partial charge in [0.2, 0.25) is 0 Å². The number of para-hydroxylation sites is 1. The van der Waals surface area contributed by atoms with Crippen LogP contribution in [0.3, 0.4) is 0 Å². The molecule has 0 unspecified atom stereocenters. The van der Waals surface area contributed by atoms with Crippen LogP contribution in [0.25, 0.3) is 11.8 Å². The minimum absolute atomic E-state index is 0.372. The van der Waals surface area contributed by atoms with E-state index in [1.54, 1.807) is 25.3 Å². The molecule has 0 saturated carbocycles. The Kier molecular flexibility index (Phi) is 6.14. The van der Waals surface area contributed by atoms with Crippen LogP contribution in [0.5, 0.6) is 5.75 Å². The highest BCUT2D eigenvalue weighted by molar-refractivity contribution is 5.99. The Morgan fingerprint density at radius 1 is 0.966 bits per heavy atom. The second kappa shape index (κ2) is 8.93. The van der Waals surface area contributed by atoms with E-state index < -0.39 is 5.91 Å². The van der Waals surface area contributed by atoms with Gasteiger partial charge in [-0.2, -0.15) is 0 Å². The summed E-state index contributed by atoms with van der Waals surface area (Å²) in [5, 5.41) is 0. The maximum absolute atomic E-state index is 12.5. The van der Waals surface area contributed by atoms with E-state index in [-0.39, 0.29) is 5.91 Å². The molecule has 148 valence electrons. The molecule has 0 bridgehead atoms. The molecule has 0 aliphatic carbocycles. The molecule has 3 aromatic rings. The number of nitrogens with one attached hydrogen (secondary N) is 2. The van der Waals surface area contributed by atoms with Gasteiger partial charge < -0.3 is 9.30 Å². The normalized spacial score (nSPS) is 10.7. The van der Waals surface area contributed by atoms with Crippen LogP contribution >= 0.6 is 0 Å². The van der Waals surface area contributed by atoms with Crippen molar-refractivity contribution >= 4 is 17.9 Å². The number of carbonyl (C=O) groups is 2. The number of ether oxygens (including phenoxy) is 1. The van der Waals surface area contributed by atoms with Gasteiger partial charge in [0.25, 0.3) is 11.8 Å². The number of methoxy groups -OCH3 is 1. The van der Waals surface area contributed by atoms with Crippen molar-refractivity contribution in [1.82, 2.24) is 15.4 Å². The van der Waals surface area contributed by atoms with Crippen molar-refractivity contribution < 1.29 is 14.3 Å². The van der Waals surface area contributed by atoms with Crippen molar-refractivity contribution in [3.05, 3.63) is 89.3 Å². The first-order chi connectivity index (χ1) is 14.0. The molecule has 6 heteroatoms. The van der Waals surface area contributed by atoms with Gasteiger partial charge >= 0.3 is 0 Å². The van der Waals surface area contributed by atoms with Crippen molar-refractivity contribution in [3.8, 4) is 11.4 Å². The number of aryl methyl sites for hydroxylation is 1. The molecule has 2 amide bonds. The zero-order chi connectivity index (χ0) is 20.8. The van der Waals surface area contributed by atoms with Crippen molar-refractivity contribution in [3.63, 3.8) is 0 Å². The third kappa shape index (κ3) is 4.73. The summed E-state index contributed by atoms with van der Waals surface area (Å²) in [4.78, 5) is 24.6. The topological polar surface area (TPSA) is 72.4 Å². The number of hydrogen-bond donors (Lipinski definition) is 2. The van der Waals surface area contributed by atoms with Gasteiger partial charge in [-0.25, -0.2) is 0 Å². The van der Waals surface area contributed by atoms with Gasteiger partial charge in [-0.15, -0.1) is 0 Å². The van der Waals surface area contributed by atoms with Gasteiger partial charge in [0.15, 0.2) is 0 Å². The molecule has 0 saturated heterocycles. The zero-order valence-electron chi connectivity index (χ0n) is 16.6.